The van der Waals surface area contributed by atoms with E-state index < -0.39 is 16.4 Å². The Kier molecular flexibility index (Phi) is 3.23. The minimum Gasteiger partial charge on any atom is -0.450 e. The molecule has 4 nitrogen and oxygen atoms in total. The van der Waals surface area contributed by atoms with Crippen molar-refractivity contribution in [2.24, 2.45) is 0 Å². The quantitative estimate of drug-likeness (QED) is 0.611. The van der Waals surface area contributed by atoms with Crippen molar-refractivity contribution in [1.29, 1.82) is 0 Å². The van der Waals surface area contributed by atoms with E-state index in [1.165, 1.54) is 12.1 Å². The maximum Gasteiger partial charge on any atom is 0.346 e. The van der Waals surface area contributed by atoms with Crippen LogP contribution in [0.3, 0.4) is 0 Å². The van der Waals surface area contributed by atoms with Gasteiger partial charge in [0.1, 0.15) is 5.75 Å². The zero-order valence-corrected chi connectivity index (χ0v) is 9.59. The first kappa shape index (κ1) is 12.0. The summed E-state index contributed by atoms with van der Waals surface area (Å²) in [6.45, 7) is 1.87. The smallest absolute Gasteiger partial charge is 0.346 e. The molecule has 0 spiro atoms. The van der Waals surface area contributed by atoms with E-state index in [0.29, 0.717) is 5.75 Å². The number of nitrogens with zero attached hydrogens (tertiary/aromatic N) is 1. The van der Waals surface area contributed by atoms with Gasteiger partial charge in [-0.05, 0) is 36.8 Å². The number of benzene rings is 2. The van der Waals surface area contributed by atoms with Crippen LogP contribution in [0.2, 0.25) is 0 Å². The van der Waals surface area contributed by atoms with Crippen molar-refractivity contribution >= 4 is 5.69 Å². The molecule has 18 heavy (non-hydrogen) atoms. The molecule has 0 unspecified atom stereocenters. The molecule has 0 atom stereocenters. The normalized spacial score (nSPS) is 10.1. The molecule has 0 saturated heterocycles. The SMILES string of the molecule is Cc1cccc(Oc2cccc(F)c2[N+](=O)[O-])c1. The van der Waals surface area contributed by atoms with Gasteiger partial charge < -0.3 is 4.74 Å². The Morgan fingerprint density at radius 2 is 1.94 bits per heavy atom. The predicted octanol–water partition coefficient (Wildman–Crippen LogP) is 3.83. The number of ether oxygens (including phenoxy) is 1. The molecule has 0 amide bonds. The van der Waals surface area contributed by atoms with E-state index in [9.17, 15) is 14.5 Å². The molecule has 5 heteroatoms. The third-order valence-corrected chi connectivity index (χ3v) is 2.35. The second-order valence-electron chi connectivity index (χ2n) is 3.76. The Morgan fingerprint density at radius 1 is 1.22 bits per heavy atom. The summed E-state index contributed by atoms with van der Waals surface area (Å²) in [6.07, 6.45) is 0. The Morgan fingerprint density at radius 3 is 2.61 bits per heavy atom. The summed E-state index contributed by atoms with van der Waals surface area (Å²) in [7, 11) is 0. The highest BCUT2D eigenvalue weighted by atomic mass is 19.1. The molecule has 0 bridgehead atoms. The summed E-state index contributed by atoms with van der Waals surface area (Å²) >= 11 is 0. The molecule has 0 aromatic heterocycles. The summed E-state index contributed by atoms with van der Waals surface area (Å²) in [5.41, 5.74) is 0.297. The summed E-state index contributed by atoms with van der Waals surface area (Å²) in [4.78, 5) is 9.99. The third kappa shape index (κ3) is 2.45. The molecule has 92 valence electrons. The number of rotatable bonds is 3. The number of para-hydroxylation sites is 1. The Labute approximate surface area is 103 Å². The van der Waals surface area contributed by atoms with Gasteiger partial charge in [-0.3, -0.25) is 10.1 Å². The topological polar surface area (TPSA) is 52.4 Å². The van der Waals surface area contributed by atoms with Crippen LogP contribution in [-0.4, -0.2) is 4.92 Å². The summed E-state index contributed by atoms with van der Waals surface area (Å²) < 4.78 is 18.7. The molecule has 0 saturated carbocycles. The minimum absolute atomic E-state index is 0.106. The highest BCUT2D eigenvalue weighted by Gasteiger charge is 2.21. The summed E-state index contributed by atoms with van der Waals surface area (Å²) in [5.74, 6) is -0.584. The van der Waals surface area contributed by atoms with Gasteiger partial charge in [0.2, 0.25) is 11.6 Å². The highest BCUT2D eigenvalue weighted by molar-refractivity contribution is 5.49. The van der Waals surface area contributed by atoms with Crippen molar-refractivity contribution in [2.75, 3.05) is 0 Å². The zero-order chi connectivity index (χ0) is 13.1. The molecule has 0 aliphatic carbocycles. The number of halogens is 1. The maximum atomic E-state index is 13.4. The lowest BCUT2D eigenvalue weighted by atomic mass is 10.2. The molecule has 0 radical (unpaired) electrons. The van der Waals surface area contributed by atoms with Crippen molar-refractivity contribution < 1.29 is 14.1 Å². The van der Waals surface area contributed by atoms with E-state index in [2.05, 4.69) is 0 Å². The molecule has 2 aromatic carbocycles. The van der Waals surface area contributed by atoms with E-state index in [4.69, 9.17) is 4.74 Å². The van der Waals surface area contributed by atoms with E-state index >= 15 is 0 Å². The molecular formula is C13H10FNO3. The van der Waals surface area contributed by atoms with Crippen LogP contribution in [0.1, 0.15) is 5.56 Å². The van der Waals surface area contributed by atoms with Crippen LogP contribution in [0, 0.1) is 22.9 Å². The minimum atomic E-state index is -0.912. The number of hydrogen-bond donors (Lipinski definition) is 0. The molecule has 0 heterocycles. The second kappa shape index (κ2) is 4.83. The van der Waals surface area contributed by atoms with Crippen LogP contribution in [-0.2, 0) is 0 Å². The standard InChI is InChI=1S/C13H10FNO3/c1-9-4-2-5-10(8-9)18-12-7-3-6-11(14)13(12)15(16)17/h2-8H,1H3. The van der Waals surface area contributed by atoms with Gasteiger partial charge in [0.05, 0.1) is 4.92 Å². The molecule has 0 N–H and O–H groups in total. The van der Waals surface area contributed by atoms with Crippen molar-refractivity contribution in [2.45, 2.75) is 6.92 Å². The largest absolute Gasteiger partial charge is 0.450 e. The van der Waals surface area contributed by atoms with E-state index in [0.717, 1.165) is 11.6 Å². The van der Waals surface area contributed by atoms with Crippen molar-refractivity contribution in [3.63, 3.8) is 0 Å². The van der Waals surface area contributed by atoms with Crippen LogP contribution in [0.5, 0.6) is 11.5 Å². The van der Waals surface area contributed by atoms with Gasteiger partial charge in [0.25, 0.3) is 0 Å². The van der Waals surface area contributed by atoms with Crippen LogP contribution >= 0.6 is 0 Å². The predicted molar refractivity (Wildman–Crippen MR) is 64.3 cm³/mol. The molecule has 2 rings (SSSR count). The van der Waals surface area contributed by atoms with E-state index in [-0.39, 0.29) is 5.75 Å². The van der Waals surface area contributed by atoms with Crippen molar-refractivity contribution in [3.05, 3.63) is 64.0 Å². The van der Waals surface area contributed by atoms with E-state index in [1.54, 1.807) is 18.2 Å². The van der Waals surface area contributed by atoms with Gasteiger partial charge in [-0.15, -0.1) is 0 Å². The molecular weight excluding hydrogens is 237 g/mol. The van der Waals surface area contributed by atoms with Gasteiger partial charge >= 0.3 is 5.69 Å². The zero-order valence-electron chi connectivity index (χ0n) is 9.59. The average molecular weight is 247 g/mol. The maximum absolute atomic E-state index is 13.4. The number of nitro groups is 1. The van der Waals surface area contributed by atoms with Gasteiger partial charge in [0.15, 0.2) is 0 Å². The first-order valence-corrected chi connectivity index (χ1v) is 5.25. The Balaban J connectivity index is 2.40. The fraction of sp³-hybridized carbons (Fsp3) is 0.0769. The molecule has 0 aliphatic heterocycles. The van der Waals surface area contributed by atoms with Crippen molar-refractivity contribution in [1.82, 2.24) is 0 Å². The van der Waals surface area contributed by atoms with Crippen LogP contribution in [0.25, 0.3) is 0 Å². The van der Waals surface area contributed by atoms with Gasteiger partial charge in [-0.2, -0.15) is 4.39 Å². The van der Waals surface area contributed by atoms with Gasteiger partial charge in [-0.1, -0.05) is 18.2 Å². The van der Waals surface area contributed by atoms with Gasteiger partial charge in [0, 0.05) is 0 Å². The van der Waals surface area contributed by atoms with Crippen LogP contribution < -0.4 is 4.74 Å². The number of nitro benzene ring substituents is 1. The van der Waals surface area contributed by atoms with Gasteiger partial charge in [-0.25, -0.2) is 0 Å². The fourth-order valence-electron chi connectivity index (χ4n) is 1.56. The average Bonchev–Trinajstić information content (AvgIpc) is 2.28. The fourth-order valence-corrected chi connectivity index (χ4v) is 1.56. The molecule has 0 aliphatic rings. The lowest BCUT2D eigenvalue weighted by Gasteiger charge is -2.07. The Bertz CT molecular complexity index is 599. The first-order valence-electron chi connectivity index (χ1n) is 5.25. The van der Waals surface area contributed by atoms with Crippen molar-refractivity contribution in [3.8, 4) is 11.5 Å². The highest BCUT2D eigenvalue weighted by Crippen LogP contribution is 2.33. The lowest BCUT2D eigenvalue weighted by Crippen LogP contribution is -1.96. The van der Waals surface area contributed by atoms with Crippen LogP contribution in [0.4, 0.5) is 10.1 Å². The summed E-state index contributed by atoms with van der Waals surface area (Å²) in [6, 6.07) is 10.8. The summed E-state index contributed by atoms with van der Waals surface area (Å²) in [5, 5.41) is 10.8. The first-order chi connectivity index (χ1) is 8.58. The van der Waals surface area contributed by atoms with Crippen LogP contribution in [0.15, 0.2) is 42.5 Å². The van der Waals surface area contributed by atoms with E-state index in [1.807, 2.05) is 13.0 Å². The molecule has 2 aromatic rings. The monoisotopic (exact) mass is 247 g/mol. The Hall–Kier alpha value is -2.43. The number of hydrogen-bond acceptors (Lipinski definition) is 3. The third-order valence-electron chi connectivity index (χ3n) is 2.35. The number of aryl methyl sites for hydroxylation is 1. The molecule has 0 fully saturated rings. The lowest BCUT2D eigenvalue weighted by molar-refractivity contribution is -0.388. The second-order valence-corrected chi connectivity index (χ2v) is 3.76.